The maximum atomic E-state index is 6.08. The Balaban J connectivity index is 1.22. The minimum Gasteiger partial charge on any atom is -0.378 e. The number of thiocarbonyl (C=S) groups is 1. The molecular weight excluding hydrogens is 446 g/mol. The molecule has 3 N–H and O–H groups in total. The van der Waals surface area contributed by atoms with E-state index in [1.807, 2.05) is 6.08 Å². The molecular formula is C26H35N5S2. The molecule has 2 fully saturated rings. The van der Waals surface area contributed by atoms with Crippen molar-refractivity contribution < 1.29 is 0 Å². The number of nitrogens with two attached hydrogens (primary N) is 1. The number of hydrogen-bond acceptors (Lipinski definition) is 4. The van der Waals surface area contributed by atoms with E-state index in [0.29, 0.717) is 10.3 Å². The molecule has 5 nitrogen and oxygen atoms in total. The predicted octanol–water partition coefficient (Wildman–Crippen LogP) is 5.33. The summed E-state index contributed by atoms with van der Waals surface area (Å²) in [5.41, 5.74) is 9.62. The third-order valence-corrected chi connectivity index (χ3v) is 7.64. The Bertz CT molecular complexity index is 905. The molecule has 0 spiro atoms. The number of hydrogen-bond donors (Lipinski definition) is 2. The van der Waals surface area contributed by atoms with Crippen molar-refractivity contribution in [1.82, 2.24) is 4.90 Å². The lowest BCUT2D eigenvalue weighted by Crippen LogP contribution is -2.46. The smallest absolute Gasteiger partial charge is 0.199 e. The van der Waals surface area contributed by atoms with Crippen LogP contribution in [0.5, 0.6) is 0 Å². The minimum absolute atomic E-state index is 0.393. The van der Waals surface area contributed by atoms with Crippen LogP contribution in [0.15, 0.2) is 65.2 Å². The second-order valence-electron chi connectivity index (χ2n) is 8.87. The summed E-state index contributed by atoms with van der Waals surface area (Å²) in [6.07, 6.45) is 18.1. The van der Waals surface area contributed by atoms with Gasteiger partial charge in [-0.3, -0.25) is 0 Å². The molecule has 33 heavy (non-hydrogen) atoms. The third kappa shape index (κ3) is 7.45. The van der Waals surface area contributed by atoms with E-state index in [9.17, 15) is 0 Å². The number of amidine groups is 1. The van der Waals surface area contributed by atoms with Gasteiger partial charge in [0.1, 0.15) is 0 Å². The van der Waals surface area contributed by atoms with Crippen LogP contribution in [0.4, 0.5) is 11.4 Å². The molecule has 2 heterocycles. The average molecular weight is 482 g/mol. The van der Waals surface area contributed by atoms with E-state index in [-0.39, 0.29) is 0 Å². The molecule has 1 aromatic rings. The van der Waals surface area contributed by atoms with Gasteiger partial charge in [0.05, 0.1) is 0 Å². The van der Waals surface area contributed by atoms with Crippen molar-refractivity contribution in [2.45, 2.75) is 44.6 Å². The number of aliphatic imine (C=N–C) groups is 1. The van der Waals surface area contributed by atoms with Gasteiger partial charge in [0.2, 0.25) is 0 Å². The van der Waals surface area contributed by atoms with Crippen LogP contribution >= 0.6 is 24.0 Å². The molecule has 0 atom stereocenters. The zero-order valence-electron chi connectivity index (χ0n) is 19.3. The van der Waals surface area contributed by atoms with Gasteiger partial charge in [-0.05, 0) is 81.7 Å². The summed E-state index contributed by atoms with van der Waals surface area (Å²) in [6.45, 7) is 4.85. The van der Waals surface area contributed by atoms with Gasteiger partial charge in [-0.15, -0.1) is 0 Å². The first-order valence-corrected chi connectivity index (χ1v) is 13.4. The highest BCUT2D eigenvalue weighted by Crippen LogP contribution is 2.26. The Hall–Kier alpha value is -2.09. The number of nitrogens with one attached hydrogen (secondary N) is 1. The fraction of sp³-hybridized carbons (Fsp3) is 0.462. The highest BCUT2D eigenvalue weighted by Gasteiger charge is 2.25. The van der Waals surface area contributed by atoms with Crippen molar-refractivity contribution in [1.29, 1.82) is 0 Å². The van der Waals surface area contributed by atoms with Gasteiger partial charge in [-0.2, -0.15) is 4.99 Å². The largest absolute Gasteiger partial charge is 0.378 e. The normalized spacial score (nSPS) is 20.4. The summed E-state index contributed by atoms with van der Waals surface area (Å²) in [4.78, 5) is 9.57. The zero-order chi connectivity index (χ0) is 22.9. The first-order valence-electron chi connectivity index (χ1n) is 12.1. The maximum absolute atomic E-state index is 6.08. The number of benzene rings is 1. The Morgan fingerprint density at radius 2 is 1.79 bits per heavy atom. The SMILES string of the molecule is NC(=NC(=S)Nc1ccc(N2CCC(N3CCCCC3)CC2)cc1)SCC1=CC=CC=CC1. The number of thioether (sulfide) groups is 1. The van der Waals surface area contributed by atoms with Gasteiger partial charge in [0, 0.05) is 36.3 Å². The van der Waals surface area contributed by atoms with Crippen LogP contribution in [0.3, 0.4) is 0 Å². The van der Waals surface area contributed by atoms with E-state index in [1.54, 1.807) is 0 Å². The summed E-state index contributed by atoms with van der Waals surface area (Å²) >= 11 is 6.91. The molecule has 0 aromatic heterocycles. The summed E-state index contributed by atoms with van der Waals surface area (Å²) in [7, 11) is 0. The van der Waals surface area contributed by atoms with E-state index >= 15 is 0 Å². The van der Waals surface area contributed by atoms with Gasteiger partial charge in [0.25, 0.3) is 0 Å². The van der Waals surface area contributed by atoms with Crippen LogP contribution in [-0.2, 0) is 0 Å². The van der Waals surface area contributed by atoms with Gasteiger partial charge in [-0.1, -0.05) is 54.1 Å². The van der Waals surface area contributed by atoms with E-state index in [1.165, 1.54) is 68.2 Å². The maximum Gasteiger partial charge on any atom is 0.199 e. The molecule has 0 unspecified atom stereocenters. The number of anilines is 2. The minimum atomic E-state index is 0.393. The van der Waals surface area contributed by atoms with Crippen molar-refractivity contribution in [3.8, 4) is 0 Å². The Morgan fingerprint density at radius 3 is 2.55 bits per heavy atom. The molecule has 1 aliphatic carbocycles. The monoisotopic (exact) mass is 481 g/mol. The van der Waals surface area contributed by atoms with E-state index in [4.69, 9.17) is 18.0 Å². The van der Waals surface area contributed by atoms with Crippen molar-refractivity contribution in [2.75, 3.05) is 42.1 Å². The zero-order valence-corrected chi connectivity index (χ0v) is 20.9. The highest BCUT2D eigenvalue weighted by molar-refractivity contribution is 8.14. The molecule has 0 amide bonds. The van der Waals surface area contributed by atoms with Crippen molar-refractivity contribution in [3.05, 3.63) is 60.2 Å². The van der Waals surface area contributed by atoms with Crippen molar-refractivity contribution >= 4 is 45.6 Å². The lowest BCUT2D eigenvalue weighted by molar-refractivity contribution is 0.141. The predicted molar refractivity (Wildman–Crippen MR) is 148 cm³/mol. The van der Waals surface area contributed by atoms with Gasteiger partial charge >= 0.3 is 0 Å². The number of piperidine rings is 2. The fourth-order valence-corrected chi connectivity index (χ4v) is 5.68. The number of nitrogens with zero attached hydrogens (tertiary/aromatic N) is 3. The van der Waals surface area contributed by atoms with E-state index < -0.39 is 0 Å². The van der Waals surface area contributed by atoms with Crippen molar-refractivity contribution in [2.24, 2.45) is 10.7 Å². The summed E-state index contributed by atoms with van der Waals surface area (Å²) in [5, 5.41) is 4.07. The Morgan fingerprint density at radius 1 is 1.03 bits per heavy atom. The number of allylic oxidation sites excluding steroid dienone is 5. The summed E-state index contributed by atoms with van der Waals surface area (Å²) < 4.78 is 0. The molecule has 4 rings (SSSR count). The topological polar surface area (TPSA) is 56.9 Å². The second kappa shape index (κ2) is 12.4. The molecule has 0 saturated carbocycles. The molecule has 2 saturated heterocycles. The van der Waals surface area contributed by atoms with Crippen molar-refractivity contribution in [3.63, 3.8) is 0 Å². The Kier molecular flexibility index (Phi) is 9.03. The molecule has 1 aromatic carbocycles. The first kappa shape index (κ1) is 24.0. The number of likely N-dealkylation sites (tertiary alicyclic amines) is 1. The molecule has 2 aliphatic heterocycles. The lowest BCUT2D eigenvalue weighted by atomic mass is 9.99. The van der Waals surface area contributed by atoms with Gasteiger partial charge < -0.3 is 20.9 Å². The summed E-state index contributed by atoms with van der Waals surface area (Å²) in [5.74, 6) is 0.815. The van der Waals surface area contributed by atoms with Gasteiger partial charge in [0.15, 0.2) is 10.3 Å². The summed E-state index contributed by atoms with van der Waals surface area (Å²) in [6, 6.07) is 9.27. The van der Waals surface area contributed by atoms with Crippen LogP contribution in [0.1, 0.15) is 38.5 Å². The first-order chi connectivity index (χ1) is 16.2. The quantitative estimate of drug-likeness (QED) is 0.337. The highest BCUT2D eigenvalue weighted by atomic mass is 32.2. The van der Waals surface area contributed by atoms with Crippen LogP contribution in [0, 0.1) is 0 Å². The van der Waals surface area contributed by atoms with E-state index in [2.05, 4.69) is 68.7 Å². The fourth-order valence-electron chi connectivity index (χ4n) is 4.71. The molecule has 3 aliphatic rings. The third-order valence-electron chi connectivity index (χ3n) is 6.54. The van der Waals surface area contributed by atoms with Crippen LogP contribution < -0.4 is 16.0 Å². The standard InChI is InChI=1S/C26H35N5S2/c27-25(33-20-21-8-4-1-2-5-9-21)29-26(32)28-22-10-12-23(13-11-22)31-18-14-24(15-19-31)30-16-6-3-7-17-30/h1-2,4-5,8,10-13,24H,3,6-7,9,14-20H2,(H3,27,28,29,32). The van der Waals surface area contributed by atoms with Crippen LogP contribution in [0.25, 0.3) is 0 Å². The molecule has 0 bridgehead atoms. The van der Waals surface area contributed by atoms with Crippen LogP contribution in [0.2, 0.25) is 0 Å². The van der Waals surface area contributed by atoms with E-state index in [0.717, 1.165) is 37.0 Å². The average Bonchev–Trinajstić information content (AvgIpc) is 3.13. The Labute approximate surface area is 207 Å². The molecule has 0 radical (unpaired) electrons. The second-order valence-corrected chi connectivity index (χ2v) is 10.3. The molecule has 176 valence electrons. The van der Waals surface area contributed by atoms with Crippen LogP contribution in [-0.4, -0.2) is 53.2 Å². The lowest BCUT2D eigenvalue weighted by Gasteiger charge is -2.41. The molecule has 7 heteroatoms. The van der Waals surface area contributed by atoms with Gasteiger partial charge in [-0.25, -0.2) is 0 Å². The number of rotatable bonds is 5.